The van der Waals surface area contributed by atoms with Crippen LogP contribution in [0.15, 0.2) is 54.6 Å². The molecule has 0 saturated heterocycles. The number of hydrogen-bond acceptors (Lipinski definition) is 2. The van der Waals surface area contributed by atoms with Crippen molar-refractivity contribution >= 4 is 0 Å². The highest BCUT2D eigenvalue weighted by molar-refractivity contribution is 5.42. The molecule has 2 aromatic rings. The normalized spacial score (nSPS) is 21.0. The zero-order chi connectivity index (χ0) is 16.1. The van der Waals surface area contributed by atoms with Crippen molar-refractivity contribution in [1.82, 2.24) is 4.90 Å². The van der Waals surface area contributed by atoms with Crippen LogP contribution in [0.25, 0.3) is 0 Å². The molecule has 3 rings (SSSR count). The molecule has 1 unspecified atom stereocenters. The number of ether oxygens (including phenoxy) is 1. The van der Waals surface area contributed by atoms with Crippen LogP contribution in [-0.2, 0) is 16.8 Å². The first-order valence-electron chi connectivity index (χ1n) is 8.65. The molecule has 0 fully saturated rings. The lowest BCUT2D eigenvalue weighted by Gasteiger charge is -2.36. The van der Waals surface area contributed by atoms with Gasteiger partial charge in [0.15, 0.2) is 0 Å². The van der Waals surface area contributed by atoms with Gasteiger partial charge in [0.25, 0.3) is 0 Å². The van der Waals surface area contributed by atoms with Crippen molar-refractivity contribution in [3.8, 4) is 0 Å². The Morgan fingerprint density at radius 1 is 0.957 bits per heavy atom. The van der Waals surface area contributed by atoms with Crippen LogP contribution in [0, 0.1) is 0 Å². The van der Waals surface area contributed by atoms with Crippen LogP contribution in [0.3, 0.4) is 0 Å². The van der Waals surface area contributed by atoms with E-state index in [-0.39, 0.29) is 5.60 Å². The highest BCUT2D eigenvalue weighted by Gasteiger charge is 2.37. The predicted octanol–water partition coefficient (Wildman–Crippen LogP) is 4.23. The van der Waals surface area contributed by atoms with Crippen molar-refractivity contribution in [2.45, 2.75) is 31.3 Å². The van der Waals surface area contributed by atoms with E-state index >= 15 is 0 Å². The van der Waals surface area contributed by atoms with Crippen molar-refractivity contribution in [3.63, 3.8) is 0 Å². The lowest BCUT2D eigenvalue weighted by Crippen LogP contribution is -2.34. The molecule has 0 bridgehead atoms. The van der Waals surface area contributed by atoms with Crippen LogP contribution in [0.2, 0.25) is 0 Å². The SMILES string of the molecule is CN(C)CCOC1(c2ccccc2)CCCCc2ccccc21. The lowest BCUT2D eigenvalue weighted by atomic mass is 9.81. The number of hydrogen-bond donors (Lipinski definition) is 0. The van der Waals surface area contributed by atoms with Gasteiger partial charge in [-0.25, -0.2) is 0 Å². The standard InChI is InChI=1S/C21H27NO/c1-22(2)16-17-23-21(19-12-4-3-5-13-19)15-9-8-11-18-10-6-7-14-20(18)21/h3-7,10,12-14H,8-9,11,15-17H2,1-2H3. The quantitative estimate of drug-likeness (QED) is 0.766. The van der Waals surface area contributed by atoms with Gasteiger partial charge >= 0.3 is 0 Å². The molecule has 0 radical (unpaired) electrons. The van der Waals surface area contributed by atoms with Gasteiger partial charge in [-0.05, 0) is 56.5 Å². The Hall–Kier alpha value is -1.64. The van der Waals surface area contributed by atoms with E-state index in [0.29, 0.717) is 0 Å². The second kappa shape index (κ2) is 7.29. The highest BCUT2D eigenvalue weighted by Crippen LogP contribution is 2.42. The van der Waals surface area contributed by atoms with E-state index < -0.39 is 0 Å². The van der Waals surface area contributed by atoms with Gasteiger partial charge in [0.1, 0.15) is 5.60 Å². The number of rotatable bonds is 5. The van der Waals surface area contributed by atoms with E-state index in [1.165, 1.54) is 29.5 Å². The summed E-state index contributed by atoms with van der Waals surface area (Å²) in [5.41, 5.74) is 3.79. The van der Waals surface area contributed by atoms with Crippen LogP contribution in [0.4, 0.5) is 0 Å². The van der Waals surface area contributed by atoms with E-state index in [9.17, 15) is 0 Å². The van der Waals surface area contributed by atoms with Crippen molar-refractivity contribution in [3.05, 3.63) is 71.3 Å². The number of aryl methyl sites for hydroxylation is 1. The fraction of sp³-hybridized carbons (Fsp3) is 0.429. The molecule has 0 aromatic heterocycles. The zero-order valence-corrected chi connectivity index (χ0v) is 14.3. The molecule has 0 N–H and O–H groups in total. The van der Waals surface area contributed by atoms with Crippen molar-refractivity contribution in [1.29, 1.82) is 0 Å². The molecule has 0 heterocycles. The monoisotopic (exact) mass is 309 g/mol. The average molecular weight is 309 g/mol. The second-order valence-corrected chi connectivity index (χ2v) is 6.71. The lowest BCUT2D eigenvalue weighted by molar-refractivity contribution is -0.0302. The molecule has 1 atom stereocenters. The van der Waals surface area contributed by atoms with Gasteiger partial charge in [0, 0.05) is 6.54 Å². The molecule has 1 aliphatic rings. The first-order valence-corrected chi connectivity index (χ1v) is 8.65. The second-order valence-electron chi connectivity index (χ2n) is 6.71. The minimum Gasteiger partial charge on any atom is -0.364 e. The molecule has 2 nitrogen and oxygen atoms in total. The summed E-state index contributed by atoms with van der Waals surface area (Å²) in [5.74, 6) is 0. The number of benzene rings is 2. The Labute approximate surface area is 140 Å². The largest absolute Gasteiger partial charge is 0.364 e. The molecule has 23 heavy (non-hydrogen) atoms. The fourth-order valence-electron chi connectivity index (χ4n) is 3.60. The van der Waals surface area contributed by atoms with Crippen molar-refractivity contribution < 1.29 is 4.74 Å². The summed E-state index contributed by atoms with van der Waals surface area (Å²) in [6, 6.07) is 19.6. The van der Waals surface area contributed by atoms with Gasteiger partial charge < -0.3 is 9.64 Å². The maximum atomic E-state index is 6.63. The maximum absolute atomic E-state index is 6.63. The third-order valence-corrected chi connectivity index (χ3v) is 4.80. The molecular formula is C21H27NO. The summed E-state index contributed by atoms with van der Waals surface area (Å²) >= 11 is 0. The molecule has 2 aromatic carbocycles. The van der Waals surface area contributed by atoms with E-state index in [0.717, 1.165) is 26.0 Å². The van der Waals surface area contributed by atoms with Crippen molar-refractivity contribution in [2.75, 3.05) is 27.2 Å². The maximum Gasteiger partial charge on any atom is 0.118 e. The number of likely N-dealkylation sites (N-methyl/N-ethyl adjacent to an activating group) is 1. The van der Waals surface area contributed by atoms with Crippen LogP contribution in [0.1, 0.15) is 36.0 Å². The zero-order valence-electron chi connectivity index (χ0n) is 14.3. The molecule has 122 valence electrons. The molecule has 1 aliphatic carbocycles. The van der Waals surface area contributed by atoms with E-state index in [4.69, 9.17) is 4.74 Å². The molecule has 0 aliphatic heterocycles. The smallest absolute Gasteiger partial charge is 0.118 e. The summed E-state index contributed by atoms with van der Waals surface area (Å²) < 4.78 is 6.63. The van der Waals surface area contributed by atoms with Gasteiger partial charge in [0.2, 0.25) is 0 Å². The summed E-state index contributed by atoms with van der Waals surface area (Å²) in [7, 11) is 4.19. The van der Waals surface area contributed by atoms with Gasteiger partial charge in [0.05, 0.1) is 6.61 Å². The van der Waals surface area contributed by atoms with Crippen LogP contribution in [-0.4, -0.2) is 32.1 Å². The van der Waals surface area contributed by atoms with Gasteiger partial charge in [-0.15, -0.1) is 0 Å². The molecular weight excluding hydrogens is 282 g/mol. The topological polar surface area (TPSA) is 12.5 Å². The molecule has 0 amide bonds. The van der Waals surface area contributed by atoms with Gasteiger partial charge in [-0.1, -0.05) is 54.6 Å². The number of fused-ring (bicyclic) bond motifs is 1. The minimum atomic E-state index is -0.301. The van der Waals surface area contributed by atoms with Crippen LogP contribution >= 0.6 is 0 Å². The first-order chi connectivity index (χ1) is 11.2. The Bertz CT molecular complexity index is 623. The van der Waals surface area contributed by atoms with Crippen LogP contribution in [0.5, 0.6) is 0 Å². The summed E-state index contributed by atoms with van der Waals surface area (Å²) in [6.45, 7) is 1.69. The molecule has 0 spiro atoms. The molecule has 0 saturated carbocycles. The third kappa shape index (κ3) is 3.49. The fourth-order valence-corrected chi connectivity index (χ4v) is 3.60. The van der Waals surface area contributed by atoms with Gasteiger partial charge in [-0.2, -0.15) is 0 Å². The Morgan fingerprint density at radius 2 is 1.70 bits per heavy atom. The number of nitrogens with zero attached hydrogens (tertiary/aromatic N) is 1. The Kier molecular flexibility index (Phi) is 5.14. The van der Waals surface area contributed by atoms with Crippen LogP contribution < -0.4 is 0 Å². The first kappa shape index (κ1) is 16.2. The predicted molar refractivity (Wildman–Crippen MR) is 95.7 cm³/mol. The van der Waals surface area contributed by atoms with E-state index in [2.05, 4.69) is 73.6 Å². The summed E-state index contributed by atoms with van der Waals surface area (Å²) in [4.78, 5) is 2.18. The average Bonchev–Trinajstić information content (AvgIpc) is 2.76. The highest BCUT2D eigenvalue weighted by atomic mass is 16.5. The van der Waals surface area contributed by atoms with Crippen molar-refractivity contribution in [2.24, 2.45) is 0 Å². The van der Waals surface area contributed by atoms with E-state index in [1.54, 1.807) is 0 Å². The Morgan fingerprint density at radius 3 is 2.48 bits per heavy atom. The van der Waals surface area contributed by atoms with Gasteiger partial charge in [-0.3, -0.25) is 0 Å². The van der Waals surface area contributed by atoms with E-state index in [1.807, 2.05) is 0 Å². The minimum absolute atomic E-state index is 0.301. The summed E-state index contributed by atoms with van der Waals surface area (Å²) in [6.07, 6.45) is 4.65. The Balaban J connectivity index is 2.04. The molecule has 2 heteroatoms. The summed E-state index contributed by atoms with van der Waals surface area (Å²) in [5, 5.41) is 0. The third-order valence-electron chi connectivity index (χ3n) is 4.80.